The first-order valence-electron chi connectivity index (χ1n) is 3.60. The van der Waals surface area contributed by atoms with Gasteiger partial charge in [0.05, 0.1) is 6.42 Å². The quantitative estimate of drug-likeness (QED) is 0.616. The Morgan fingerprint density at radius 2 is 1.86 bits per heavy atom. The van der Waals surface area contributed by atoms with Gasteiger partial charge in [-0.2, -0.15) is 13.2 Å². The Morgan fingerprint density at radius 3 is 2.29 bits per heavy atom. The van der Waals surface area contributed by atoms with Crippen LogP contribution in [0.2, 0.25) is 0 Å². The predicted molar refractivity (Wildman–Crippen MR) is 48.3 cm³/mol. The Kier molecular flexibility index (Phi) is 3.04. The molecule has 78 valence electrons. The molecular formula is C8H6BrF4N. The van der Waals surface area contributed by atoms with E-state index in [1.54, 1.807) is 0 Å². The molecular weight excluding hydrogens is 266 g/mol. The van der Waals surface area contributed by atoms with Gasteiger partial charge in [0.2, 0.25) is 0 Å². The molecule has 1 rings (SSSR count). The fourth-order valence-electron chi connectivity index (χ4n) is 0.992. The van der Waals surface area contributed by atoms with Crippen molar-refractivity contribution in [1.29, 1.82) is 0 Å². The number of benzene rings is 1. The highest BCUT2D eigenvalue weighted by Gasteiger charge is 2.30. The van der Waals surface area contributed by atoms with E-state index in [0.29, 0.717) is 0 Å². The summed E-state index contributed by atoms with van der Waals surface area (Å²) in [6, 6.07) is 2.11. The molecule has 1 aromatic rings. The first-order chi connectivity index (χ1) is 6.29. The lowest BCUT2D eigenvalue weighted by Crippen LogP contribution is -2.13. The lowest BCUT2D eigenvalue weighted by molar-refractivity contribution is -0.127. The number of alkyl halides is 3. The number of nitrogens with two attached hydrogens (primary N) is 1. The SMILES string of the molecule is Nc1cc(F)c(CC(F)(F)F)c(Br)c1. The maximum atomic E-state index is 13.0. The molecule has 1 nitrogen and oxygen atoms in total. The van der Waals surface area contributed by atoms with Gasteiger partial charge in [-0.15, -0.1) is 0 Å². The smallest absolute Gasteiger partial charge is 0.393 e. The van der Waals surface area contributed by atoms with Crippen molar-refractivity contribution in [2.45, 2.75) is 12.6 Å². The Balaban J connectivity index is 3.09. The van der Waals surface area contributed by atoms with Gasteiger partial charge in [-0.3, -0.25) is 0 Å². The van der Waals surface area contributed by atoms with E-state index in [1.165, 1.54) is 6.07 Å². The summed E-state index contributed by atoms with van der Waals surface area (Å²) in [5.74, 6) is -0.950. The van der Waals surface area contributed by atoms with E-state index in [-0.39, 0.29) is 10.2 Å². The van der Waals surface area contributed by atoms with Crippen LogP contribution in [0.4, 0.5) is 23.2 Å². The standard InChI is InChI=1S/C8H6BrF4N/c9-6-1-4(14)2-7(10)5(6)3-8(11,12)13/h1-2H,3,14H2. The zero-order chi connectivity index (χ0) is 10.9. The van der Waals surface area contributed by atoms with Crippen LogP contribution in [0.25, 0.3) is 0 Å². The Morgan fingerprint density at radius 1 is 1.29 bits per heavy atom. The van der Waals surface area contributed by atoms with Crippen molar-refractivity contribution in [2.24, 2.45) is 0 Å². The third-order valence-corrected chi connectivity index (χ3v) is 2.25. The van der Waals surface area contributed by atoms with Gasteiger partial charge < -0.3 is 5.73 Å². The van der Waals surface area contributed by atoms with E-state index in [1.807, 2.05) is 0 Å². The maximum absolute atomic E-state index is 13.0. The zero-order valence-electron chi connectivity index (χ0n) is 6.83. The minimum atomic E-state index is -4.43. The van der Waals surface area contributed by atoms with E-state index in [4.69, 9.17) is 5.73 Å². The van der Waals surface area contributed by atoms with Crippen LogP contribution in [0.1, 0.15) is 5.56 Å². The van der Waals surface area contributed by atoms with Crippen LogP contribution >= 0.6 is 15.9 Å². The van der Waals surface area contributed by atoms with Crippen LogP contribution in [0.15, 0.2) is 16.6 Å². The van der Waals surface area contributed by atoms with Crippen LogP contribution in [-0.2, 0) is 6.42 Å². The fraction of sp³-hybridized carbons (Fsp3) is 0.250. The summed E-state index contributed by atoms with van der Waals surface area (Å²) in [6.07, 6.45) is -5.74. The van der Waals surface area contributed by atoms with Crippen molar-refractivity contribution in [3.05, 3.63) is 28.0 Å². The van der Waals surface area contributed by atoms with Crippen molar-refractivity contribution in [1.82, 2.24) is 0 Å². The summed E-state index contributed by atoms with van der Waals surface area (Å²) in [5.41, 5.74) is 4.90. The van der Waals surface area contributed by atoms with Gasteiger partial charge in [-0.1, -0.05) is 15.9 Å². The zero-order valence-corrected chi connectivity index (χ0v) is 8.41. The third-order valence-electron chi connectivity index (χ3n) is 1.54. The van der Waals surface area contributed by atoms with Gasteiger partial charge >= 0.3 is 6.18 Å². The Labute approximate surface area is 86.0 Å². The van der Waals surface area contributed by atoms with E-state index in [2.05, 4.69) is 15.9 Å². The number of rotatable bonds is 1. The number of hydrogen-bond acceptors (Lipinski definition) is 1. The molecule has 0 amide bonds. The summed E-state index contributed by atoms with van der Waals surface area (Å²) < 4.78 is 49.0. The van der Waals surface area contributed by atoms with Crippen molar-refractivity contribution in [3.63, 3.8) is 0 Å². The monoisotopic (exact) mass is 271 g/mol. The summed E-state index contributed by atoms with van der Waals surface area (Å²) in [4.78, 5) is 0. The van der Waals surface area contributed by atoms with Crippen LogP contribution in [0.5, 0.6) is 0 Å². The first kappa shape index (κ1) is 11.3. The van der Waals surface area contributed by atoms with Crippen molar-refractivity contribution in [3.8, 4) is 0 Å². The molecule has 0 aliphatic heterocycles. The number of hydrogen-bond donors (Lipinski definition) is 1. The molecule has 14 heavy (non-hydrogen) atoms. The molecule has 0 saturated carbocycles. The lowest BCUT2D eigenvalue weighted by Gasteiger charge is -2.09. The molecule has 0 radical (unpaired) electrons. The molecule has 6 heteroatoms. The second kappa shape index (κ2) is 3.76. The summed E-state index contributed by atoms with van der Waals surface area (Å²) >= 11 is 2.83. The highest BCUT2D eigenvalue weighted by molar-refractivity contribution is 9.10. The van der Waals surface area contributed by atoms with E-state index in [0.717, 1.165) is 6.07 Å². The van der Waals surface area contributed by atoms with Crippen LogP contribution in [-0.4, -0.2) is 6.18 Å². The van der Waals surface area contributed by atoms with Gasteiger partial charge in [0.15, 0.2) is 0 Å². The molecule has 1 aromatic carbocycles. The highest BCUT2D eigenvalue weighted by Crippen LogP contribution is 2.29. The number of nitrogen functional groups attached to an aromatic ring is 1. The van der Waals surface area contributed by atoms with E-state index in [9.17, 15) is 17.6 Å². The Bertz CT molecular complexity index is 325. The number of halogens is 5. The van der Waals surface area contributed by atoms with E-state index >= 15 is 0 Å². The molecule has 0 saturated heterocycles. The van der Waals surface area contributed by atoms with Crippen molar-refractivity contribution >= 4 is 21.6 Å². The molecule has 0 aliphatic carbocycles. The lowest BCUT2D eigenvalue weighted by atomic mass is 10.1. The van der Waals surface area contributed by atoms with Crippen LogP contribution < -0.4 is 5.73 Å². The average molecular weight is 272 g/mol. The molecule has 0 fully saturated rings. The van der Waals surface area contributed by atoms with Crippen molar-refractivity contribution in [2.75, 3.05) is 5.73 Å². The summed E-state index contributed by atoms with van der Waals surface area (Å²) in [5, 5.41) is 0. The maximum Gasteiger partial charge on any atom is 0.393 e. The van der Waals surface area contributed by atoms with Gasteiger partial charge in [-0.25, -0.2) is 4.39 Å². The number of anilines is 1. The molecule has 0 aromatic heterocycles. The summed E-state index contributed by atoms with van der Waals surface area (Å²) in [6.45, 7) is 0. The normalized spacial score (nSPS) is 11.8. The molecule has 0 heterocycles. The van der Waals surface area contributed by atoms with Crippen LogP contribution in [0, 0.1) is 5.82 Å². The largest absolute Gasteiger partial charge is 0.399 e. The van der Waals surface area contributed by atoms with E-state index < -0.39 is 24.0 Å². The third kappa shape index (κ3) is 2.87. The molecule has 0 aliphatic rings. The van der Waals surface area contributed by atoms with Crippen molar-refractivity contribution < 1.29 is 17.6 Å². The minimum absolute atomic E-state index is 0.0346. The Hall–Kier alpha value is -0.780. The molecule has 0 bridgehead atoms. The molecule has 2 N–H and O–H groups in total. The fourth-order valence-corrected chi connectivity index (χ4v) is 1.59. The second-order valence-corrected chi connectivity index (χ2v) is 3.61. The average Bonchev–Trinajstić information content (AvgIpc) is 1.95. The predicted octanol–water partition coefficient (Wildman–Crippen LogP) is 3.28. The van der Waals surface area contributed by atoms with Gasteiger partial charge in [0.1, 0.15) is 5.82 Å². The van der Waals surface area contributed by atoms with Crippen LogP contribution in [0.3, 0.4) is 0 Å². The molecule has 0 spiro atoms. The molecule has 0 unspecified atom stereocenters. The van der Waals surface area contributed by atoms with Gasteiger partial charge in [-0.05, 0) is 12.1 Å². The second-order valence-electron chi connectivity index (χ2n) is 2.76. The topological polar surface area (TPSA) is 26.0 Å². The molecule has 0 atom stereocenters. The van der Waals surface area contributed by atoms with Gasteiger partial charge in [0, 0.05) is 15.7 Å². The summed E-state index contributed by atoms with van der Waals surface area (Å²) in [7, 11) is 0. The first-order valence-corrected chi connectivity index (χ1v) is 4.39. The highest BCUT2D eigenvalue weighted by atomic mass is 79.9. The minimum Gasteiger partial charge on any atom is -0.399 e. The van der Waals surface area contributed by atoms with Gasteiger partial charge in [0.25, 0.3) is 0 Å².